The number of methoxy groups -OCH3 is 3. The molecule has 0 atom stereocenters. The molecule has 2 aromatic carbocycles. The molecule has 0 unspecified atom stereocenters. The lowest BCUT2D eigenvalue weighted by Crippen LogP contribution is -1.96. The average Bonchev–Trinajstić information content (AvgIpc) is 2.59. The number of hydrogen-bond acceptors (Lipinski definition) is 5. The highest BCUT2D eigenvalue weighted by molar-refractivity contribution is 5.85. The zero-order valence-electron chi connectivity index (χ0n) is 14.7. The molecular formula is C19H23NO4. The number of phenolic OH excluding ortho intramolecular Hbond substituents is 1. The fourth-order valence-corrected chi connectivity index (χ4v) is 2.44. The maximum Gasteiger partial charge on any atom is 0.203 e. The van der Waals surface area contributed by atoms with Gasteiger partial charge < -0.3 is 19.3 Å². The third-order valence-electron chi connectivity index (χ3n) is 3.71. The van der Waals surface area contributed by atoms with Crippen molar-refractivity contribution in [3.05, 3.63) is 41.5 Å². The van der Waals surface area contributed by atoms with Crippen LogP contribution in [-0.2, 0) is 0 Å². The maximum atomic E-state index is 10.3. The summed E-state index contributed by atoms with van der Waals surface area (Å²) >= 11 is 0. The molecule has 0 saturated carbocycles. The number of aromatic hydroxyl groups is 1. The van der Waals surface area contributed by atoms with Crippen molar-refractivity contribution in [2.45, 2.75) is 19.8 Å². The fourth-order valence-electron chi connectivity index (χ4n) is 2.44. The number of ether oxygens (including phenoxy) is 3. The quantitative estimate of drug-likeness (QED) is 0.803. The van der Waals surface area contributed by atoms with Gasteiger partial charge in [-0.2, -0.15) is 0 Å². The largest absolute Gasteiger partial charge is 0.505 e. The third kappa shape index (κ3) is 3.62. The van der Waals surface area contributed by atoms with Gasteiger partial charge in [0.1, 0.15) is 11.4 Å². The van der Waals surface area contributed by atoms with Crippen LogP contribution in [0.1, 0.15) is 30.9 Å². The van der Waals surface area contributed by atoms with E-state index >= 15 is 0 Å². The molecule has 0 spiro atoms. The Balaban J connectivity index is 2.41. The molecule has 2 aromatic rings. The molecule has 0 aromatic heterocycles. The standard InChI is InChI=1S/C19H23NO4/c1-12(2)14-7-6-8-15(18(14)21)20-11-13-9-16(22-3)19(24-5)17(10-13)23-4/h6-12,21H,1-5H3. The zero-order chi connectivity index (χ0) is 17.7. The number of benzene rings is 2. The first-order valence-electron chi connectivity index (χ1n) is 7.67. The Kier molecular flexibility index (Phi) is 5.68. The Morgan fingerprint density at radius 1 is 1.00 bits per heavy atom. The van der Waals surface area contributed by atoms with E-state index in [9.17, 15) is 5.11 Å². The molecule has 0 aliphatic heterocycles. The summed E-state index contributed by atoms with van der Waals surface area (Å²) in [6.07, 6.45) is 1.66. The highest BCUT2D eigenvalue weighted by Crippen LogP contribution is 2.38. The van der Waals surface area contributed by atoms with E-state index < -0.39 is 0 Å². The molecule has 0 saturated heterocycles. The molecule has 1 N–H and O–H groups in total. The monoisotopic (exact) mass is 329 g/mol. The summed E-state index contributed by atoms with van der Waals surface area (Å²) in [5.41, 5.74) is 2.17. The van der Waals surface area contributed by atoms with Crippen molar-refractivity contribution >= 4 is 11.9 Å². The van der Waals surface area contributed by atoms with E-state index in [-0.39, 0.29) is 11.7 Å². The van der Waals surface area contributed by atoms with Crippen LogP contribution in [0.3, 0.4) is 0 Å². The molecule has 128 valence electrons. The normalized spacial score (nSPS) is 11.1. The highest BCUT2D eigenvalue weighted by Gasteiger charge is 2.13. The van der Waals surface area contributed by atoms with Gasteiger partial charge in [-0.3, -0.25) is 4.99 Å². The van der Waals surface area contributed by atoms with Crippen molar-refractivity contribution < 1.29 is 19.3 Å². The predicted molar refractivity (Wildman–Crippen MR) is 95.5 cm³/mol. The van der Waals surface area contributed by atoms with Gasteiger partial charge in [0.15, 0.2) is 11.5 Å². The van der Waals surface area contributed by atoms with Crippen LogP contribution in [0.5, 0.6) is 23.0 Å². The number of hydrogen-bond donors (Lipinski definition) is 1. The molecule has 24 heavy (non-hydrogen) atoms. The summed E-state index contributed by atoms with van der Waals surface area (Å²) in [4.78, 5) is 4.40. The molecule has 2 rings (SSSR count). The van der Waals surface area contributed by atoms with E-state index in [0.29, 0.717) is 22.9 Å². The molecule has 0 heterocycles. The van der Waals surface area contributed by atoms with E-state index in [2.05, 4.69) is 4.99 Å². The number of aliphatic imine (C=N–C) groups is 1. The van der Waals surface area contributed by atoms with Crippen molar-refractivity contribution in [1.29, 1.82) is 0 Å². The molecule has 0 radical (unpaired) electrons. The van der Waals surface area contributed by atoms with Crippen LogP contribution in [0.4, 0.5) is 5.69 Å². The number of nitrogens with zero attached hydrogens (tertiary/aromatic N) is 1. The first-order chi connectivity index (χ1) is 11.5. The Morgan fingerprint density at radius 3 is 2.12 bits per heavy atom. The second-order valence-corrected chi connectivity index (χ2v) is 5.59. The van der Waals surface area contributed by atoms with Crippen LogP contribution < -0.4 is 14.2 Å². The lowest BCUT2D eigenvalue weighted by molar-refractivity contribution is 0.324. The third-order valence-corrected chi connectivity index (χ3v) is 3.71. The van der Waals surface area contributed by atoms with Crippen LogP contribution in [-0.4, -0.2) is 32.7 Å². The van der Waals surface area contributed by atoms with Gasteiger partial charge in [0, 0.05) is 11.8 Å². The first-order valence-corrected chi connectivity index (χ1v) is 7.67. The molecule has 0 bridgehead atoms. The van der Waals surface area contributed by atoms with Crippen molar-refractivity contribution in [2.24, 2.45) is 4.99 Å². The summed E-state index contributed by atoms with van der Waals surface area (Å²) in [7, 11) is 4.69. The lowest BCUT2D eigenvalue weighted by Gasteiger charge is -2.13. The molecular weight excluding hydrogens is 306 g/mol. The van der Waals surface area contributed by atoms with Gasteiger partial charge in [0.05, 0.1) is 21.3 Å². The molecule has 0 aliphatic carbocycles. The SMILES string of the molecule is COc1cc(C=Nc2cccc(C(C)C)c2O)cc(OC)c1OC. The summed E-state index contributed by atoms with van der Waals surface area (Å²) in [6, 6.07) is 9.16. The van der Waals surface area contributed by atoms with Gasteiger partial charge in [-0.15, -0.1) is 0 Å². The van der Waals surface area contributed by atoms with Crippen molar-refractivity contribution in [1.82, 2.24) is 0 Å². The van der Waals surface area contributed by atoms with E-state index in [1.165, 1.54) is 0 Å². The van der Waals surface area contributed by atoms with E-state index in [1.807, 2.05) is 26.0 Å². The molecule has 5 nitrogen and oxygen atoms in total. The summed E-state index contributed by atoms with van der Waals surface area (Å²) in [6.45, 7) is 4.06. The van der Waals surface area contributed by atoms with Crippen LogP contribution in [0, 0.1) is 0 Å². The summed E-state index contributed by atoms with van der Waals surface area (Å²) < 4.78 is 16.0. The van der Waals surface area contributed by atoms with Crippen molar-refractivity contribution in [3.63, 3.8) is 0 Å². The topological polar surface area (TPSA) is 60.3 Å². The minimum absolute atomic E-state index is 0.205. The van der Waals surface area contributed by atoms with Crippen LogP contribution in [0.15, 0.2) is 35.3 Å². The molecule has 5 heteroatoms. The maximum absolute atomic E-state index is 10.3. The van der Waals surface area contributed by atoms with Crippen LogP contribution >= 0.6 is 0 Å². The second kappa shape index (κ2) is 7.73. The molecule has 0 fully saturated rings. The van der Waals surface area contributed by atoms with Crippen molar-refractivity contribution in [3.8, 4) is 23.0 Å². The smallest absolute Gasteiger partial charge is 0.203 e. The van der Waals surface area contributed by atoms with E-state index in [0.717, 1.165) is 11.1 Å². The van der Waals surface area contributed by atoms with Gasteiger partial charge >= 0.3 is 0 Å². The second-order valence-electron chi connectivity index (χ2n) is 5.59. The molecule has 0 aliphatic rings. The van der Waals surface area contributed by atoms with E-state index in [4.69, 9.17) is 14.2 Å². The Hall–Kier alpha value is -2.69. The lowest BCUT2D eigenvalue weighted by atomic mass is 10.0. The highest BCUT2D eigenvalue weighted by atomic mass is 16.5. The first kappa shape index (κ1) is 17.7. The van der Waals surface area contributed by atoms with Gasteiger partial charge in [-0.05, 0) is 29.7 Å². The Labute approximate surface area is 142 Å². The number of phenols is 1. The summed E-state index contributed by atoms with van der Waals surface area (Å²) in [5, 5.41) is 10.3. The zero-order valence-corrected chi connectivity index (χ0v) is 14.7. The minimum Gasteiger partial charge on any atom is -0.505 e. The van der Waals surface area contributed by atoms with Gasteiger partial charge in [0.25, 0.3) is 0 Å². The van der Waals surface area contributed by atoms with Gasteiger partial charge in [-0.25, -0.2) is 0 Å². The van der Waals surface area contributed by atoms with Crippen molar-refractivity contribution in [2.75, 3.05) is 21.3 Å². The Bertz CT molecular complexity index is 713. The Morgan fingerprint density at radius 2 is 1.62 bits per heavy atom. The minimum atomic E-state index is 0.205. The van der Waals surface area contributed by atoms with Crippen LogP contribution in [0.2, 0.25) is 0 Å². The van der Waals surface area contributed by atoms with Crippen LogP contribution in [0.25, 0.3) is 0 Å². The predicted octanol–water partition coefficient (Wildman–Crippen LogP) is 4.29. The summed E-state index contributed by atoms with van der Waals surface area (Å²) in [5.74, 6) is 2.07. The number of rotatable bonds is 6. The van der Waals surface area contributed by atoms with Gasteiger partial charge in [-0.1, -0.05) is 26.0 Å². The van der Waals surface area contributed by atoms with Gasteiger partial charge in [0.2, 0.25) is 5.75 Å². The average molecular weight is 329 g/mol. The fraction of sp³-hybridized carbons (Fsp3) is 0.316. The number of para-hydroxylation sites is 1. The van der Waals surface area contributed by atoms with E-state index in [1.54, 1.807) is 45.7 Å². The molecule has 0 amide bonds.